The van der Waals surface area contributed by atoms with Gasteiger partial charge in [-0.2, -0.15) is 4.79 Å². The van der Waals surface area contributed by atoms with Crippen LogP contribution in [-0.4, -0.2) is 16.3 Å². The van der Waals surface area contributed by atoms with Gasteiger partial charge in [-0.1, -0.05) is 25.5 Å². The molecule has 0 saturated carbocycles. The zero-order valence-electron chi connectivity index (χ0n) is 12.2. The number of ketones is 1. The van der Waals surface area contributed by atoms with Crippen LogP contribution < -0.4 is 0 Å². The lowest BCUT2D eigenvalue weighted by Gasteiger charge is -2.37. The molecule has 0 unspecified atom stereocenters. The van der Waals surface area contributed by atoms with Crippen molar-refractivity contribution in [3.8, 4) is 0 Å². The lowest BCUT2D eigenvalue weighted by molar-refractivity contribution is -0.118. The van der Waals surface area contributed by atoms with Gasteiger partial charge in [-0.05, 0) is 37.2 Å². The van der Waals surface area contributed by atoms with Crippen LogP contribution in [0.3, 0.4) is 0 Å². The molecule has 0 aliphatic heterocycles. The van der Waals surface area contributed by atoms with Gasteiger partial charge in [-0.3, -0.25) is 4.79 Å². The van der Waals surface area contributed by atoms with Crippen LogP contribution in [0.25, 0.3) is 5.53 Å². The first-order valence-corrected chi connectivity index (χ1v) is 6.90. The third kappa shape index (κ3) is 2.81. The highest BCUT2D eigenvalue weighted by molar-refractivity contribution is 6.43. The Labute approximate surface area is 119 Å². The molecule has 0 spiro atoms. The summed E-state index contributed by atoms with van der Waals surface area (Å²) in [4.78, 5) is 15.6. The fraction of sp³-hybridized carbons (Fsp3) is 0.500. The summed E-state index contributed by atoms with van der Waals surface area (Å²) in [5, 5.41) is 0. The Morgan fingerprint density at radius 2 is 2.30 bits per heavy atom. The second kappa shape index (κ2) is 5.59. The van der Waals surface area contributed by atoms with Crippen LogP contribution in [-0.2, 0) is 4.79 Å². The fourth-order valence-corrected chi connectivity index (χ4v) is 3.00. The van der Waals surface area contributed by atoms with Gasteiger partial charge in [0, 0.05) is 6.42 Å². The van der Waals surface area contributed by atoms with E-state index < -0.39 is 0 Å². The van der Waals surface area contributed by atoms with Crippen molar-refractivity contribution in [2.45, 2.75) is 40.0 Å². The predicted octanol–water partition coefficient (Wildman–Crippen LogP) is 3.64. The second-order valence-electron chi connectivity index (χ2n) is 6.12. The summed E-state index contributed by atoms with van der Waals surface area (Å²) in [7, 11) is 0. The topological polar surface area (TPSA) is 66.6 Å². The van der Waals surface area contributed by atoms with Gasteiger partial charge in [0.15, 0.2) is 0 Å². The number of hydrogen-bond donors (Lipinski definition) is 0. The molecule has 1 aromatic rings. The van der Waals surface area contributed by atoms with E-state index in [9.17, 15) is 4.79 Å². The Morgan fingerprint density at radius 1 is 1.55 bits per heavy atom. The van der Waals surface area contributed by atoms with E-state index in [1.54, 1.807) is 6.07 Å². The predicted molar refractivity (Wildman–Crippen MR) is 76.3 cm³/mol. The van der Waals surface area contributed by atoms with Crippen LogP contribution in [0, 0.1) is 11.3 Å². The number of nitrogens with zero attached hydrogens (tertiary/aromatic N) is 2. The number of allylic oxidation sites excluding steroid dienone is 2. The van der Waals surface area contributed by atoms with E-state index in [0.717, 1.165) is 12.8 Å². The van der Waals surface area contributed by atoms with Gasteiger partial charge in [0.05, 0.1) is 6.26 Å². The highest BCUT2D eigenvalue weighted by Crippen LogP contribution is 2.42. The zero-order chi connectivity index (χ0) is 14.8. The molecule has 1 atom stereocenters. The van der Waals surface area contributed by atoms with Gasteiger partial charge in [-0.15, -0.1) is 0 Å². The first-order valence-electron chi connectivity index (χ1n) is 6.90. The molecule has 0 radical (unpaired) electrons. The quantitative estimate of drug-likeness (QED) is 0.363. The molecule has 4 heteroatoms. The molecule has 1 aliphatic carbocycles. The number of furan rings is 1. The Morgan fingerprint density at radius 3 is 2.85 bits per heavy atom. The van der Waals surface area contributed by atoms with E-state index in [2.05, 4.69) is 31.6 Å². The number of carbonyl (C=O) groups excluding carboxylic acids is 1. The number of Topliss-reactive ketones (excluding diaryl/α,β-unsaturated/α-hetero) is 1. The highest BCUT2D eigenvalue weighted by atomic mass is 16.3. The lowest BCUT2D eigenvalue weighted by atomic mass is 9.66. The molecule has 1 heterocycles. The lowest BCUT2D eigenvalue weighted by Crippen LogP contribution is -2.32. The van der Waals surface area contributed by atoms with E-state index in [4.69, 9.17) is 9.95 Å². The number of hydrogen-bond acceptors (Lipinski definition) is 2. The molecule has 0 fully saturated rings. The number of carbonyl (C=O) groups is 1. The molecule has 2 rings (SSSR count). The minimum atomic E-state index is -0.151. The molecule has 1 aliphatic rings. The van der Waals surface area contributed by atoms with Crippen molar-refractivity contribution in [2.24, 2.45) is 11.3 Å². The highest BCUT2D eigenvalue weighted by Gasteiger charge is 2.37. The molecule has 0 amide bonds. The van der Waals surface area contributed by atoms with Gasteiger partial charge in [-0.25, -0.2) is 0 Å². The average molecular weight is 272 g/mol. The fourth-order valence-electron chi connectivity index (χ4n) is 3.00. The third-order valence-corrected chi connectivity index (χ3v) is 4.30. The molecule has 0 saturated heterocycles. The largest absolute Gasteiger partial charge is 0.472 e. The first-order chi connectivity index (χ1) is 9.45. The molecule has 1 aromatic heterocycles. The minimum absolute atomic E-state index is 0.0768. The summed E-state index contributed by atoms with van der Waals surface area (Å²) in [6.07, 6.45) is 7.58. The molecular weight excluding hydrogens is 252 g/mol. The molecule has 4 nitrogen and oxygen atoms in total. The van der Waals surface area contributed by atoms with Crippen LogP contribution in [0.1, 0.15) is 45.6 Å². The van der Waals surface area contributed by atoms with Crippen molar-refractivity contribution >= 4 is 11.5 Å². The summed E-state index contributed by atoms with van der Waals surface area (Å²) < 4.78 is 4.94. The summed E-state index contributed by atoms with van der Waals surface area (Å²) in [6, 6.07) is 1.63. The summed E-state index contributed by atoms with van der Waals surface area (Å²) in [5.74, 6) is 0.0361. The van der Waals surface area contributed by atoms with Gasteiger partial charge >= 0.3 is 5.71 Å². The van der Waals surface area contributed by atoms with Crippen molar-refractivity contribution in [3.05, 3.63) is 41.3 Å². The van der Waals surface area contributed by atoms with Crippen LogP contribution in [0.15, 0.2) is 34.7 Å². The van der Waals surface area contributed by atoms with Crippen molar-refractivity contribution < 1.29 is 14.0 Å². The van der Waals surface area contributed by atoms with Crippen LogP contribution in [0.5, 0.6) is 0 Å². The smallest absolute Gasteiger partial charge is 0.368 e. The summed E-state index contributed by atoms with van der Waals surface area (Å²) in [6.45, 7) is 6.45. The maximum atomic E-state index is 12.4. The van der Waals surface area contributed by atoms with E-state index in [-0.39, 0.29) is 22.8 Å². The van der Waals surface area contributed by atoms with Crippen LogP contribution >= 0.6 is 0 Å². The van der Waals surface area contributed by atoms with Crippen molar-refractivity contribution in [2.75, 3.05) is 0 Å². The van der Waals surface area contributed by atoms with Crippen molar-refractivity contribution in [1.29, 1.82) is 0 Å². The number of rotatable bonds is 4. The van der Waals surface area contributed by atoms with E-state index in [0.29, 0.717) is 12.0 Å². The summed E-state index contributed by atoms with van der Waals surface area (Å²) in [5.41, 5.74) is 11.0. The molecular formula is C16H20N2O2. The molecule has 0 bridgehead atoms. The standard InChI is InChI=1S/C16H20N2O2/c1-11-5-4-7-16(2,3)13(11)9-14(19)15(18-17)12-6-8-20-10-12/h5-6,8,10,13H,4,7,9H2,1-3H3/t13-/m1/s1. The molecule has 0 aromatic carbocycles. The maximum absolute atomic E-state index is 12.4. The average Bonchev–Trinajstić information content (AvgIpc) is 2.88. The SMILES string of the molecule is CC1=CCCC(C)(C)[C@@H]1CC(=O)C(=[N+]=[N-])c1ccoc1. The van der Waals surface area contributed by atoms with Gasteiger partial charge < -0.3 is 9.95 Å². The van der Waals surface area contributed by atoms with Gasteiger partial charge in [0.2, 0.25) is 5.78 Å². The third-order valence-electron chi connectivity index (χ3n) is 4.30. The Hall–Kier alpha value is -1.93. The minimum Gasteiger partial charge on any atom is -0.472 e. The van der Waals surface area contributed by atoms with Crippen molar-refractivity contribution in [3.63, 3.8) is 0 Å². The molecule has 106 valence electrons. The monoisotopic (exact) mass is 272 g/mol. The van der Waals surface area contributed by atoms with E-state index >= 15 is 0 Å². The summed E-state index contributed by atoms with van der Waals surface area (Å²) >= 11 is 0. The van der Waals surface area contributed by atoms with Gasteiger partial charge in [0.25, 0.3) is 0 Å². The Balaban J connectivity index is 2.21. The maximum Gasteiger partial charge on any atom is 0.368 e. The van der Waals surface area contributed by atoms with E-state index in [1.165, 1.54) is 18.1 Å². The molecule has 0 N–H and O–H groups in total. The van der Waals surface area contributed by atoms with Crippen molar-refractivity contribution in [1.82, 2.24) is 0 Å². The normalized spacial score (nSPS) is 20.9. The molecule has 20 heavy (non-hydrogen) atoms. The Bertz CT molecular complexity index is 576. The zero-order valence-corrected chi connectivity index (χ0v) is 12.2. The van der Waals surface area contributed by atoms with Crippen LogP contribution in [0.4, 0.5) is 0 Å². The Kier molecular flexibility index (Phi) is 4.05. The first kappa shape index (κ1) is 14.5. The van der Waals surface area contributed by atoms with Crippen LogP contribution in [0.2, 0.25) is 0 Å². The van der Waals surface area contributed by atoms with Gasteiger partial charge in [0.1, 0.15) is 11.8 Å². The van der Waals surface area contributed by atoms with E-state index in [1.807, 2.05) is 0 Å². The second-order valence-corrected chi connectivity index (χ2v) is 6.12.